The Bertz CT molecular complexity index is 481. The first-order chi connectivity index (χ1) is 10.8. The van der Waals surface area contributed by atoms with Crippen LogP contribution < -0.4 is 5.32 Å². The number of hydrogen-bond acceptors (Lipinski definition) is 2. The van der Waals surface area contributed by atoms with E-state index in [1.165, 1.54) is 5.56 Å². The van der Waals surface area contributed by atoms with Gasteiger partial charge in [-0.2, -0.15) is 0 Å². The maximum atomic E-state index is 13.0. The summed E-state index contributed by atoms with van der Waals surface area (Å²) < 4.78 is 18.8. The van der Waals surface area contributed by atoms with Gasteiger partial charge in [-0.1, -0.05) is 26.0 Å². The van der Waals surface area contributed by atoms with Gasteiger partial charge in [-0.15, -0.1) is 0 Å². The number of nitrogens with one attached hydrogen (secondary N) is 1. The summed E-state index contributed by atoms with van der Waals surface area (Å²) in [5.74, 6) is 0.562. The van der Waals surface area contributed by atoms with Crippen LogP contribution in [0.3, 0.4) is 0 Å². The van der Waals surface area contributed by atoms with Crippen molar-refractivity contribution in [3.8, 4) is 0 Å². The van der Waals surface area contributed by atoms with Crippen molar-refractivity contribution in [3.05, 3.63) is 35.6 Å². The zero-order chi connectivity index (χ0) is 16.9. The normalized spacial score (nSPS) is 21.3. The van der Waals surface area contributed by atoms with Gasteiger partial charge in [-0.3, -0.25) is 0 Å². The fourth-order valence-corrected chi connectivity index (χ4v) is 3.51. The Labute approximate surface area is 140 Å². The van der Waals surface area contributed by atoms with Crippen LogP contribution in [-0.4, -0.2) is 25.3 Å². The van der Waals surface area contributed by atoms with Gasteiger partial charge in [-0.25, -0.2) is 4.39 Å². The molecule has 0 unspecified atom stereocenters. The summed E-state index contributed by atoms with van der Waals surface area (Å²) in [5, 5.41) is 3.63. The van der Waals surface area contributed by atoms with Crippen LogP contribution >= 0.6 is 0 Å². The lowest BCUT2D eigenvalue weighted by Crippen LogP contribution is -2.38. The van der Waals surface area contributed by atoms with Crippen molar-refractivity contribution < 1.29 is 9.13 Å². The molecular formula is C20H32FNO. The van der Waals surface area contributed by atoms with Gasteiger partial charge in [0, 0.05) is 6.61 Å². The molecule has 3 heteroatoms. The van der Waals surface area contributed by atoms with Crippen LogP contribution in [0, 0.1) is 17.2 Å². The summed E-state index contributed by atoms with van der Waals surface area (Å²) in [6, 6.07) is 6.90. The highest BCUT2D eigenvalue weighted by Crippen LogP contribution is 2.28. The molecule has 1 aromatic carbocycles. The Morgan fingerprint density at radius 1 is 1.26 bits per heavy atom. The van der Waals surface area contributed by atoms with Gasteiger partial charge in [0.1, 0.15) is 5.82 Å². The second-order valence-electron chi connectivity index (χ2n) is 8.39. The highest BCUT2D eigenvalue weighted by atomic mass is 19.1. The third-order valence-corrected chi connectivity index (χ3v) is 4.81. The summed E-state index contributed by atoms with van der Waals surface area (Å²) in [7, 11) is 0. The smallest absolute Gasteiger partial charge is 0.123 e. The fraction of sp³-hybridized carbons (Fsp3) is 0.700. The molecule has 1 N–H and O–H groups in total. The van der Waals surface area contributed by atoms with E-state index in [1.807, 2.05) is 12.1 Å². The van der Waals surface area contributed by atoms with Gasteiger partial charge in [0.05, 0.1) is 5.60 Å². The van der Waals surface area contributed by atoms with Crippen LogP contribution in [0.2, 0.25) is 0 Å². The lowest BCUT2D eigenvalue weighted by atomic mass is 9.82. The first-order valence-corrected chi connectivity index (χ1v) is 8.85. The van der Waals surface area contributed by atoms with Gasteiger partial charge in [0.2, 0.25) is 0 Å². The second kappa shape index (κ2) is 7.76. The molecule has 1 aliphatic heterocycles. The predicted octanol–water partition coefficient (Wildman–Crippen LogP) is 4.58. The molecule has 1 heterocycles. The van der Waals surface area contributed by atoms with Crippen LogP contribution in [0.5, 0.6) is 0 Å². The molecule has 1 fully saturated rings. The largest absolute Gasteiger partial charge is 0.376 e. The van der Waals surface area contributed by atoms with E-state index >= 15 is 0 Å². The van der Waals surface area contributed by atoms with Crippen LogP contribution in [0.15, 0.2) is 24.3 Å². The fourth-order valence-electron chi connectivity index (χ4n) is 3.51. The molecule has 0 aromatic heterocycles. The van der Waals surface area contributed by atoms with Crippen molar-refractivity contribution >= 4 is 0 Å². The van der Waals surface area contributed by atoms with Gasteiger partial charge in [-0.05, 0) is 81.6 Å². The summed E-state index contributed by atoms with van der Waals surface area (Å²) in [5.41, 5.74) is 1.47. The number of ether oxygens (including phenoxy) is 1. The molecule has 0 aliphatic carbocycles. The molecule has 1 atom stereocenters. The van der Waals surface area contributed by atoms with E-state index in [2.05, 4.69) is 33.0 Å². The van der Waals surface area contributed by atoms with Gasteiger partial charge in [0.25, 0.3) is 0 Å². The number of benzene rings is 1. The molecule has 0 amide bonds. The van der Waals surface area contributed by atoms with Gasteiger partial charge < -0.3 is 10.1 Å². The molecule has 0 radical (unpaired) electrons. The second-order valence-corrected chi connectivity index (χ2v) is 8.39. The van der Waals surface area contributed by atoms with Crippen molar-refractivity contribution in [2.75, 3.05) is 19.7 Å². The van der Waals surface area contributed by atoms with E-state index in [-0.39, 0.29) is 16.8 Å². The van der Waals surface area contributed by atoms with Gasteiger partial charge >= 0.3 is 0 Å². The number of hydrogen-bond donors (Lipinski definition) is 1. The average molecular weight is 321 g/mol. The molecule has 1 aliphatic rings. The monoisotopic (exact) mass is 321 g/mol. The van der Waals surface area contributed by atoms with Crippen molar-refractivity contribution in [1.29, 1.82) is 0 Å². The third kappa shape index (κ3) is 6.60. The third-order valence-electron chi connectivity index (χ3n) is 4.81. The number of halogens is 1. The van der Waals surface area contributed by atoms with Crippen molar-refractivity contribution in [2.24, 2.45) is 11.3 Å². The highest BCUT2D eigenvalue weighted by molar-refractivity contribution is 5.17. The molecule has 1 aromatic rings. The summed E-state index contributed by atoms with van der Waals surface area (Å²) >= 11 is 0. The molecule has 1 saturated heterocycles. The Balaban J connectivity index is 1.69. The minimum atomic E-state index is -0.160. The van der Waals surface area contributed by atoms with Gasteiger partial charge in [0.15, 0.2) is 0 Å². The quantitative estimate of drug-likeness (QED) is 0.742. The molecule has 2 rings (SSSR count). The first-order valence-electron chi connectivity index (χ1n) is 8.85. The van der Waals surface area contributed by atoms with Crippen LogP contribution in [0.25, 0.3) is 0 Å². The Morgan fingerprint density at radius 2 is 1.96 bits per heavy atom. The molecular weight excluding hydrogens is 289 g/mol. The molecule has 23 heavy (non-hydrogen) atoms. The van der Waals surface area contributed by atoms with E-state index in [0.29, 0.717) is 0 Å². The molecule has 0 bridgehead atoms. The average Bonchev–Trinajstić information content (AvgIpc) is 2.45. The van der Waals surface area contributed by atoms with Crippen molar-refractivity contribution in [2.45, 2.75) is 59.0 Å². The van der Waals surface area contributed by atoms with Crippen molar-refractivity contribution in [1.82, 2.24) is 5.32 Å². The zero-order valence-corrected chi connectivity index (χ0v) is 15.1. The summed E-state index contributed by atoms with van der Waals surface area (Å²) in [6.07, 6.45) is 4.41. The van der Waals surface area contributed by atoms with E-state index in [0.717, 1.165) is 51.3 Å². The van der Waals surface area contributed by atoms with Crippen LogP contribution in [0.1, 0.15) is 52.5 Å². The lowest BCUT2D eigenvalue weighted by molar-refractivity contribution is -0.0718. The SMILES string of the molecule is CC(C)(CCNC[C@@H]1CCOC(C)(C)C1)Cc1ccc(F)cc1. The highest BCUT2D eigenvalue weighted by Gasteiger charge is 2.28. The minimum absolute atomic E-state index is 0.0342. The summed E-state index contributed by atoms with van der Waals surface area (Å²) in [6.45, 7) is 11.9. The van der Waals surface area contributed by atoms with E-state index in [1.54, 1.807) is 12.1 Å². The molecule has 0 saturated carbocycles. The van der Waals surface area contributed by atoms with E-state index in [4.69, 9.17) is 4.74 Å². The molecule has 130 valence electrons. The summed E-state index contributed by atoms with van der Waals surface area (Å²) in [4.78, 5) is 0. The Hall–Kier alpha value is -0.930. The van der Waals surface area contributed by atoms with Crippen molar-refractivity contribution in [3.63, 3.8) is 0 Å². The first kappa shape index (κ1) is 18.4. The molecule has 0 spiro atoms. The van der Waals surface area contributed by atoms with E-state index < -0.39 is 0 Å². The zero-order valence-electron chi connectivity index (χ0n) is 15.1. The minimum Gasteiger partial charge on any atom is -0.376 e. The van der Waals surface area contributed by atoms with Crippen LogP contribution in [0.4, 0.5) is 4.39 Å². The Kier molecular flexibility index (Phi) is 6.21. The topological polar surface area (TPSA) is 21.3 Å². The Morgan fingerprint density at radius 3 is 2.61 bits per heavy atom. The maximum Gasteiger partial charge on any atom is 0.123 e. The van der Waals surface area contributed by atoms with Crippen LogP contribution in [-0.2, 0) is 11.2 Å². The molecule has 2 nitrogen and oxygen atoms in total. The van der Waals surface area contributed by atoms with E-state index in [9.17, 15) is 4.39 Å². The number of rotatable bonds is 7. The lowest BCUT2D eigenvalue weighted by Gasteiger charge is -2.35. The maximum absolute atomic E-state index is 13.0. The standard InChI is InChI=1S/C20H32FNO/c1-19(2,13-16-5-7-18(21)8-6-16)10-11-22-15-17-9-12-23-20(3,4)14-17/h5-8,17,22H,9-15H2,1-4H3/t17-/m1/s1. The predicted molar refractivity (Wildman–Crippen MR) is 94.1 cm³/mol.